The van der Waals surface area contributed by atoms with Crippen molar-refractivity contribution in [3.8, 4) is 0 Å². The summed E-state index contributed by atoms with van der Waals surface area (Å²) in [5.41, 5.74) is 0. The average Bonchev–Trinajstić information content (AvgIpc) is 3.15. The van der Waals surface area contributed by atoms with Crippen LogP contribution in [0.25, 0.3) is 0 Å². The number of amides is 1. The molecule has 0 spiro atoms. The summed E-state index contributed by atoms with van der Waals surface area (Å²) in [6.07, 6.45) is 49.4. The fourth-order valence-corrected chi connectivity index (χ4v) is 7.16. The third kappa shape index (κ3) is 40.6. The fraction of sp³-hybridized carbons (Fsp3) is 0.809. The van der Waals surface area contributed by atoms with Gasteiger partial charge in [0, 0.05) is 6.42 Å². The van der Waals surface area contributed by atoms with Gasteiger partial charge in [-0.25, -0.2) is 0 Å². The summed E-state index contributed by atoms with van der Waals surface area (Å²) in [6.45, 7) is 4.43. The van der Waals surface area contributed by atoms with E-state index in [0.717, 1.165) is 64.2 Å². The van der Waals surface area contributed by atoms with Gasteiger partial charge in [0.1, 0.15) is 13.2 Å². The van der Waals surface area contributed by atoms with Crippen LogP contribution < -0.4 is 10.2 Å². The Hall–Kier alpha value is -1.54. The summed E-state index contributed by atoms with van der Waals surface area (Å²) in [7, 11) is 1.30. The van der Waals surface area contributed by atoms with E-state index in [9.17, 15) is 19.4 Å². The van der Waals surface area contributed by atoms with Crippen LogP contribution in [-0.2, 0) is 18.4 Å². The Morgan fingerprint density at radius 2 is 1.09 bits per heavy atom. The number of phosphoric acid groups is 1. The number of nitrogens with one attached hydrogen (secondary N) is 1. The molecule has 0 aromatic carbocycles. The third-order valence-corrected chi connectivity index (χ3v) is 11.0. The first-order valence-corrected chi connectivity index (χ1v) is 24.4. The van der Waals surface area contributed by atoms with Crippen molar-refractivity contribution < 1.29 is 32.9 Å². The maximum absolute atomic E-state index is 12.7. The zero-order valence-electron chi connectivity index (χ0n) is 37.1. The highest BCUT2D eigenvalue weighted by molar-refractivity contribution is 7.45. The number of rotatable bonds is 41. The first-order valence-electron chi connectivity index (χ1n) is 23.0. The van der Waals surface area contributed by atoms with Crippen LogP contribution >= 0.6 is 7.82 Å². The van der Waals surface area contributed by atoms with Crippen molar-refractivity contribution >= 4 is 13.7 Å². The fourth-order valence-electron chi connectivity index (χ4n) is 6.44. The van der Waals surface area contributed by atoms with Gasteiger partial charge >= 0.3 is 0 Å². The molecule has 56 heavy (non-hydrogen) atoms. The van der Waals surface area contributed by atoms with Crippen molar-refractivity contribution in [3.63, 3.8) is 0 Å². The molecule has 0 saturated heterocycles. The summed E-state index contributed by atoms with van der Waals surface area (Å²) in [5.74, 6) is -0.177. The van der Waals surface area contributed by atoms with Crippen LogP contribution in [0.2, 0.25) is 0 Å². The Morgan fingerprint density at radius 1 is 0.643 bits per heavy atom. The summed E-state index contributed by atoms with van der Waals surface area (Å²) in [6, 6.07) is -0.795. The van der Waals surface area contributed by atoms with Crippen molar-refractivity contribution in [2.45, 2.75) is 206 Å². The molecule has 0 aromatic heterocycles. The molecule has 328 valence electrons. The molecule has 0 aromatic rings. The summed E-state index contributed by atoms with van der Waals surface area (Å²) < 4.78 is 22.9. The smallest absolute Gasteiger partial charge is 0.268 e. The lowest BCUT2D eigenvalue weighted by Gasteiger charge is -2.30. The van der Waals surface area contributed by atoms with Gasteiger partial charge in [-0.2, -0.15) is 0 Å². The molecule has 0 bridgehead atoms. The Morgan fingerprint density at radius 3 is 1.55 bits per heavy atom. The standard InChI is InChI=1S/C47H89N2O6P/c1-6-8-10-11-12-13-14-15-16-17-18-19-20-21-22-23-24-25-26-27-28-29-30-31-32-33-34-35-36-37-39-41-47(51)48-45(46(50)40-38-9-7-2)44-55-56(52,53)54-43-42-49(3,4)5/h8,10,12-13,15-16,18-19,45-46,50H,6-7,9,11,14,17,20-44H2,1-5H3,(H-,48,51,52,53)/b10-8-,13-12-,16-15-,19-18-. The van der Waals surface area contributed by atoms with Gasteiger partial charge in [-0.15, -0.1) is 0 Å². The molecule has 0 aliphatic heterocycles. The van der Waals surface area contributed by atoms with Gasteiger partial charge in [-0.1, -0.05) is 184 Å². The van der Waals surface area contributed by atoms with Gasteiger partial charge in [-0.05, 0) is 51.4 Å². The number of carbonyl (C=O) groups excluding carboxylic acids is 1. The van der Waals surface area contributed by atoms with Crippen LogP contribution in [0.15, 0.2) is 48.6 Å². The monoisotopic (exact) mass is 809 g/mol. The second-order valence-corrected chi connectivity index (χ2v) is 18.1. The van der Waals surface area contributed by atoms with Gasteiger partial charge in [0.25, 0.3) is 7.82 Å². The van der Waals surface area contributed by atoms with Gasteiger partial charge in [0.2, 0.25) is 5.91 Å². The lowest BCUT2D eigenvalue weighted by molar-refractivity contribution is -0.870. The molecule has 0 fully saturated rings. The van der Waals surface area contributed by atoms with E-state index in [2.05, 4.69) is 67.8 Å². The predicted octanol–water partition coefficient (Wildman–Crippen LogP) is 12.2. The Balaban J connectivity index is 3.76. The third-order valence-electron chi connectivity index (χ3n) is 10.1. The number of likely N-dealkylation sites (N-methyl/N-ethyl adjacent to an activating group) is 1. The second kappa shape index (κ2) is 38.9. The van der Waals surface area contributed by atoms with Crippen LogP contribution in [0.4, 0.5) is 0 Å². The zero-order chi connectivity index (χ0) is 41.4. The van der Waals surface area contributed by atoms with E-state index < -0.39 is 20.0 Å². The van der Waals surface area contributed by atoms with E-state index >= 15 is 0 Å². The molecule has 8 nitrogen and oxygen atoms in total. The lowest BCUT2D eigenvalue weighted by Crippen LogP contribution is -2.46. The maximum Gasteiger partial charge on any atom is 0.268 e. The minimum absolute atomic E-state index is 0.0104. The Kier molecular flexibility index (Phi) is 37.9. The number of hydrogen-bond acceptors (Lipinski definition) is 6. The number of carbonyl (C=O) groups is 1. The van der Waals surface area contributed by atoms with Crippen LogP contribution in [0, 0.1) is 0 Å². The number of hydrogen-bond donors (Lipinski definition) is 2. The molecule has 0 aliphatic carbocycles. The first kappa shape index (κ1) is 54.5. The number of aliphatic hydroxyl groups excluding tert-OH is 1. The number of nitrogens with zero attached hydrogens (tertiary/aromatic N) is 1. The van der Waals surface area contributed by atoms with Crippen LogP contribution in [0.3, 0.4) is 0 Å². The predicted molar refractivity (Wildman–Crippen MR) is 238 cm³/mol. The highest BCUT2D eigenvalue weighted by Crippen LogP contribution is 2.38. The molecule has 1 amide bonds. The molecular formula is C47H89N2O6P. The van der Waals surface area contributed by atoms with Crippen molar-refractivity contribution in [2.24, 2.45) is 0 Å². The Labute approximate surface area is 346 Å². The molecule has 0 rings (SSSR count). The summed E-state index contributed by atoms with van der Waals surface area (Å²) >= 11 is 0. The highest BCUT2D eigenvalue weighted by atomic mass is 31.2. The van der Waals surface area contributed by atoms with Crippen molar-refractivity contribution in [1.29, 1.82) is 0 Å². The normalized spacial score (nSPS) is 14.8. The molecule has 0 saturated carbocycles. The summed E-state index contributed by atoms with van der Waals surface area (Å²) in [4.78, 5) is 25.0. The molecule has 3 unspecified atom stereocenters. The van der Waals surface area contributed by atoms with E-state index in [1.807, 2.05) is 21.1 Å². The van der Waals surface area contributed by atoms with Crippen molar-refractivity contribution in [1.82, 2.24) is 5.32 Å². The van der Waals surface area contributed by atoms with Gasteiger partial charge < -0.3 is 28.8 Å². The van der Waals surface area contributed by atoms with E-state index in [1.165, 1.54) is 103 Å². The summed E-state index contributed by atoms with van der Waals surface area (Å²) in [5, 5.41) is 13.5. The highest BCUT2D eigenvalue weighted by Gasteiger charge is 2.24. The topological polar surface area (TPSA) is 108 Å². The average molecular weight is 809 g/mol. The zero-order valence-corrected chi connectivity index (χ0v) is 38.0. The quantitative estimate of drug-likeness (QED) is 0.0276. The Bertz CT molecular complexity index is 1050. The van der Waals surface area contributed by atoms with E-state index in [4.69, 9.17) is 9.05 Å². The van der Waals surface area contributed by atoms with E-state index in [1.54, 1.807) is 0 Å². The largest absolute Gasteiger partial charge is 0.756 e. The molecule has 0 radical (unpaired) electrons. The number of aliphatic hydroxyl groups is 1. The number of unbranched alkanes of at least 4 members (excludes halogenated alkanes) is 20. The molecule has 0 aliphatic rings. The van der Waals surface area contributed by atoms with Crippen molar-refractivity contribution in [3.05, 3.63) is 48.6 Å². The van der Waals surface area contributed by atoms with Crippen LogP contribution in [0.1, 0.15) is 194 Å². The molecule has 0 heterocycles. The molecule has 3 atom stereocenters. The van der Waals surface area contributed by atoms with E-state index in [-0.39, 0.29) is 19.1 Å². The van der Waals surface area contributed by atoms with Crippen LogP contribution in [0.5, 0.6) is 0 Å². The SMILES string of the molecule is CC/C=C\C/C=C\C/C=C\C/C=C\CCCCCCCCCCCCCCCCCCCCC(=O)NC(COP(=O)([O-])OCC[N+](C)(C)C)C(O)CCCCC. The molecular weight excluding hydrogens is 719 g/mol. The molecule has 2 N–H and O–H groups in total. The van der Waals surface area contributed by atoms with Crippen LogP contribution in [-0.4, -0.2) is 68.5 Å². The van der Waals surface area contributed by atoms with Gasteiger partial charge in [0.05, 0.1) is 39.9 Å². The van der Waals surface area contributed by atoms with Crippen molar-refractivity contribution in [2.75, 3.05) is 40.9 Å². The number of phosphoric ester groups is 1. The second-order valence-electron chi connectivity index (χ2n) is 16.7. The maximum atomic E-state index is 12.7. The van der Waals surface area contributed by atoms with Gasteiger partial charge in [0.15, 0.2) is 0 Å². The number of quaternary nitrogens is 1. The lowest BCUT2D eigenvalue weighted by atomic mass is 10.0. The first-order chi connectivity index (χ1) is 27.0. The van der Waals surface area contributed by atoms with Gasteiger partial charge in [-0.3, -0.25) is 9.36 Å². The minimum Gasteiger partial charge on any atom is -0.756 e. The molecule has 9 heteroatoms. The number of allylic oxidation sites excluding steroid dienone is 8. The minimum atomic E-state index is -4.54. The van der Waals surface area contributed by atoms with E-state index in [0.29, 0.717) is 23.9 Å².